The van der Waals surface area contributed by atoms with E-state index in [4.69, 9.17) is 138 Å². The summed E-state index contributed by atoms with van der Waals surface area (Å²) in [4.78, 5) is 41.6. The first-order valence-corrected chi connectivity index (χ1v) is 43.3. The van der Waals surface area contributed by atoms with E-state index in [0.29, 0.717) is 57.5 Å². The minimum Gasteiger partial charge on any atom is -1.00 e. The van der Waals surface area contributed by atoms with Crippen molar-refractivity contribution in [3.05, 3.63) is 452 Å². The number of hydrogen-bond donors (Lipinski definition) is 3. The van der Waals surface area contributed by atoms with Crippen molar-refractivity contribution in [1.82, 2.24) is 34.9 Å². The molecule has 26 heteroatoms. The van der Waals surface area contributed by atoms with E-state index >= 15 is 0 Å². The Kier molecular flexibility index (Phi) is 40.5. The third kappa shape index (κ3) is 27.2. The molecule has 20 aromatic rings. The fourth-order valence-corrected chi connectivity index (χ4v) is 15.6. The van der Waals surface area contributed by atoms with Gasteiger partial charge in [0.1, 0.15) is 21.2 Å². The molecule has 0 bridgehead atoms. The first kappa shape index (κ1) is 104. The molecule has 0 saturated heterocycles. The zero-order chi connectivity index (χ0) is 90.8. The molecule has 648 valence electrons. The number of benzene rings is 12. The fraction of sp³-hybridized carbons (Fsp3) is 0.00952. The molecule has 131 heavy (non-hydrogen) atoms. The summed E-state index contributed by atoms with van der Waals surface area (Å²) >= 11 is 66.3. The van der Waals surface area contributed by atoms with E-state index < -0.39 is 7.12 Å². The minimum atomic E-state index is -1.65. The topological polar surface area (TPSA) is 172 Å². The number of aldehydes is 1. The van der Waals surface area contributed by atoms with Crippen molar-refractivity contribution in [2.45, 2.75) is 6.92 Å². The molecule has 0 aliphatic heterocycles. The predicted octanol–water partition coefficient (Wildman–Crippen LogP) is 27.9. The average Bonchev–Trinajstić information content (AvgIpc) is 0.780. The van der Waals surface area contributed by atoms with Gasteiger partial charge in [-0.1, -0.05) is 317 Å². The van der Waals surface area contributed by atoms with Crippen molar-refractivity contribution in [2.24, 2.45) is 0 Å². The SMILES string of the molecule is C=CC.C=Cc1nc2cccc(Cl)c2cc1-c1ccccc1.C=Cc1nc2cccc(Cl)c2cc1-c1ccccc1.Clc1ccc2c(Cl)cccc2n1.Clc1cccc2ncccc12.Clc1nc2cccc(Cl)c2cc1-c1ccccc1.O=Cc1nc2cccc(Cl)c2cc1-c1ccccc1.OB(O)c1cc2c(Cl)cccc2nc1Cl.O[n+]1cccc2c(Cl)cccc21.[Br-].[CH3-].[Mg+2]. The Morgan fingerprint density at radius 3 is 1.00 bits per heavy atom. The maximum Gasteiger partial charge on any atom is 2.00 e. The normalized spacial score (nSPS) is 10.2. The molecule has 0 saturated carbocycles. The van der Waals surface area contributed by atoms with Gasteiger partial charge in [-0.3, -0.25) is 15.0 Å². The predicted molar refractivity (Wildman–Crippen MR) is 554 cm³/mol. The van der Waals surface area contributed by atoms with Gasteiger partial charge in [0.15, 0.2) is 6.29 Å². The number of pyridine rings is 8. The van der Waals surface area contributed by atoms with Gasteiger partial charge >= 0.3 is 30.2 Å². The third-order valence-corrected chi connectivity index (χ3v) is 22.6. The molecule has 0 radical (unpaired) electrons. The Morgan fingerprint density at radius 1 is 0.321 bits per heavy atom. The summed E-state index contributed by atoms with van der Waals surface area (Å²) in [5.41, 5.74) is 16.8. The van der Waals surface area contributed by atoms with E-state index in [1.807, 2.05) is 250 Å². The van der Waals surface area contributed by atoms with Crippen LogP contribution in [0.5, 0.6) is 0 Å². The van der Waals surface area contributed by atoms with E-state index in [-0.39, 0.29) is 58.1 Å². The molecule has 8 aromatic heterocycles. The summed E-state index contributed by atoms with van der Waals surface area (Å²) in [6.45, 7) is 13.0. The maximum atomic E-state index is 11.2. The van der Waals surface area contributed by atoms with Crippen molar-refractivity contribution in [3.8, 4) is 44.5 Å². The number of fused-ring (bicyclic) bond motifs is 8. The maximum absolute atomic E-state index is 11.2. The molecule has 0 unspecified atom stereocenters. The number of carbonyl (C=O) groups excluding carboxylic acids is 1. The van der Waals surface area contributed by atoms with E-state index in [1.54, 1.807) is 79.2 Å². The van der Waals surface area contributed by atoms with E-state index in [1.165, 1.54) is 6.07 Å². The van der Waals surface area contributed by atoms with Crippen LogP contribution in [-0.2, 0) is 0 Å². The molecule has 12 aromatic carbocycles. The average molecular weight is 2020 g/mol. The Bertz CT molecular complexity index is 7000. The quantitative estimate of drug-likeness (QED) is 0.0251. The summed E-state index contributed by atoms with van der Waals surface area (Å²) in [7, 11) is -1.65. The second-order valence-electron chi connectivity index (χ2n) is 27.5. The van der Waals surface area contributed by atoms with Crippen LogP contribution in [0.15, 0.2) is 372 Å². The Balaban J connectivity index is 0.000000168. The van der Waals surface area contributed by atoms with Gasteiger partial charge < -0.3 is 34.5 Å². The summed E-state index contributed by atoms with van der Waals surface area (Å²) in [6.07, 6.45) is 9.42. The van der Waals surface area contributed by atoms with Crippen LogP contribution >= 0.6 is 128 Å². The van der Waals surface area contributed by atoms with Crippen LogP contribution < -0.4 is 27.2 Å². The molecule has 0 fully saturated rings. The molecule has 0 amide bonds. The van der Waals surface area contributed by atoms with Crippen molar-refractivity contribution < 1.29 is 41.8 Å². The second kappa shape index (κ2) is 51.2. The number of carbonyl (C=O) groups is 1. The van der Waals surface area contributed by atoms with Crippen LogP contribution in [0, 0.1) is 7.43 Å². The van der Waals surface area contributed by atoms with Crippen molar-refractivity contribution in [1.29, 1.82) is 0 Å². The zero-order valence-electron chi connectivity index (χ0n) is 70.0. The molecule has 0 spiro atoms. The van der Waals surface area contributed by atoms with Crippen LogP contribution in [0.3, 0.4) is 0 Å². The van der Waals surface area contributed by atoms with Crippen LogP contribution in [0.1, 0.15) is 28.8 Å². The molecular weight excluding hydrogens is 1940 g/mol. The summed E-state index contributed by atoms with van der Waals surface area (Å²) in [5.74, 6) is 0. The van der Waals surface area contributed by atoms with Crippen LogP contribution in [-0.4, -0.2) is 86.6 Å². The van der Waals surface area contributed by atoms with Gasteiger partial charge in [-0.05, 0) is 193 Å². The molecule has 8 heterocycles. The monoisotopic (exact) mass is 2010 g/mol. The van der Waals surface area contributed by atoms with Gasteiger partial charge in [0, 0.05) is 124 Å². The summed E-state index contributed by atoms with van der Waals surface area (Å²) in [6, 6.07) is 105. The number of nitrogens with zero attached hydrogens (tertiary/aromatic N) is 8. The van der Waals surface area contributed by atoms with E-state index in [0.717, 1.165) is 153 Å². The molecule has 12 nitrogen and oxygen atoms in total. The van der Waals surface area contributed by atoms with E-state index in [9.17, 15) is 10.0 Å². The third-order valence-electron chi connectivity index (χ3n) is 19.2. The molecular formula is C105H76BBrCl11MgN8O4+. The second-order valence-corrected chi connectivity index (χ2v) is 31.9. The van der Waals surface area contributed by atoms with Crippen molar-refractivity contribution >= 4 is 269 Å². The van der Waals surface area contributed by atoms with E-state index in [2.05, 4.69) is 91.0 Å². The first-order valence-electron chi connectivity index (χ1n) is 39.2. The molecule has 3 N–H and O–H groups in total. The molecule has 0 aliphatic rings. The van der Waals surface area contributed by atoms with Crippen molar-refractivity contribution in [3.63, 3.8) is 0 Å². The molecule has 0 aliphatic carbocycles. The standard InChI is InChI=1S/2C17H12ClN.C16H10ClNO.C15H9Cl2N.C9H6BCl2NO2.C9H5Cl2N.C9H7ClNO.C9H6ClN.C3H6.CH3.BrH.Mg/c2*1-2-16-13(12-7-4-3-5-8-12)11-14-15(18)9-6-10-17(14)19-16;17-14-7-4-8-15-13(14)9-12(16(10-19)18-15)11-5-2-1-3-6-11;16-13-7-4-8-14-12(13)9-11(15(17)18-14)10-5-2-1-3-6-10;11-7-2-1-3-8-5(7)4-6(10(14)15)9(12)13-8;10-7-2-1-3-8-6(7)4-5-9(11)12-8;10-8-4-1-5-9-7(8)3-2-6-11(9)12;10-8-4-1-5-9-7(8)3-2-6-11-9;1-3-2;;;/h2*2-11H,1H2;1-10H;1-9H;1-4,14-15H;1-5H;1-6,12H;1-6H;3H,1H2,2H3;1H3;1H;/q;;;;;;+1;;;-1;;+2/p-1. The largest absolute Gasteiger partial charge is 2.00 e. The number of aromatic nitrogens is 8. The Labute approximate surface area is 840 Å². The molecule has 20 rings (SSSR count). The number of hydrogen-bond acceptors (Lipinski definition) is 11. The Hall–Kier alpha value is -11.0. The number of rotatable bonds is 8. The smallest absolute Gasteiger partial charge is 1.00 e. The summed E-state index contributed by atoms with van der Waals surface area (Å²) < 4.78 is 1.06. The van der Waals surface area contributed by atoms with Crippen LogP contribution in [0.25, 0.3) is 144 Å². The zero-order valence-corrected chi connectivity index (χ0v) is 81.3. The van der Waals surface area contributed by atoms with Gasteiger partial charge in [-0.15, -0.1) is 6.58 Å². The molecule has 0 atom stereocenters. The Morgan fingerprint density at radius 2 is 0.626 bits per heavy atom. The van der Waals surface area contributed by atoms with Crippen molar-refractivity contribution in [2.75, 3.05) is 0 Å². The first-order chi connectivity index (χ1) is 62.1. The van der Waals surface area contributed by atoms with Gasteiger partial charge in [0.05, 0.1) is 60.4 Å². The summed E-state index contributed by atoms with van der Waals surface area (Å²) in [5, 5.41) is 41.0. The fourth-order valence-electron chi connectivity index (χ4n) is 13.1. The van der Waals surface area contributed by atoms with Gasteiger partial charge in [-0.25, -0.2) is 29.9 Å². The number of halogens is 12. The van der Waals surface area contributed by atoms with Gasteiger partial charge in [0.2, 0.25) is 6.20 Å². The number of allylic oxidation sites excluding steroid dienone is 1. The van der Waals surface area contributed by atoms with Gasteiger partial charge in [-0.2, -0.15) is 0 Å². The minimum absolute atomic E-state index is 0. The van der Waals surface area contributed by atoms with Crippen LogP contribution in [0.4, 0.5) is 0 Å². The van der Waals surface area contributed by atoms with Gasteiger partial charge in [0.25, 0.3) is 5.52 Å². The van der Waals surface area contributed by atoms with Crippen LogP contribution in [0.2, 0.25) is 55.6 Å².